The minimum Gasteiger partial charge on any atom is -0.437 e. The number of aromatic nitrogens is 3. The number of anilines is 1. The van der Waals surface area contributed by atoms with E-state index in [1.165, 1.54) is 6.33 Å². The van der Waals surface area contributed by atoms with Crippen molar-refractivity contribution in [1.82, 2.24) is 15.0 Å². The van der Waals surface area contributed by atoms with Crippen LogP contribution in [0.4, 0.5) is 5.82 Å². The van der Waals surface area contributed by atoms with Crippen LogP contribution in [-0.2, 0) is 0 Å². The number of rotatable bonds is 3. The SMILES string of the molecule is CNc1cc(Oc2ccc(C)nc2)ncn1. The molecule has 0 atom stereocenters. The molecule has 82 valence electrons. The lowest BCUT2D eigenvalue weighted by Crippen LogP contribution is -1.95. The molecular formula is C11H12N4O. The Kier molecular flexibility index (Phi) is 2.95. The fraction of sp³-hybridized carbons (Fsp3) is 0.182. The monoisotopic (exact) mass is 216 g/mol. The largest absolute Gasteiger partial charge is 0.437 e. The van der Waals surface area contributed by atoms with Crippen LogP contribution in [0, 0.1) is 6.92 Å². The van der Waals surface area contributed by atoms with Gasteiger partial charge in [0, 0.05) is 18.8 Å². The van der Waals surface area contributed by atoms with Crippen molar-refractivity contribution >= 4 is 5.82 Å². The smallest absolute Gasteiger partial charge is 0.224 e. The molecule has 1 N–H and O–H groups in total. The zero-order valence-electron chi connectivity index (χ0n) is 9.14. The van der Waals surface area contributed by atoms with Crippen molar-refractivity contribution < 1.29 is 4.74 Å². The van der Waals surface area contributed by atoms with E-state index in [4.69, 9.17) is 4.74 Å². The average molecular weight is 216 g/mol. The summed E-state index contributed by atoms with van der Waals surface area (Å²) < 4.78 is 5.52. The van der Waals surface area contributed by atoms with Gasteiger partial charge in [-0.05, 0) is 19.1 Å². The zero-order chi connectivity index (χ0) is 11.4. The molecule has 0 amide bonds. The van der Waals surface area contributed by atoms with Crippen LogP contribution in [0.15, 0.2) is 30.7 Å². The summed E-state index contributed by atoms with van der Waals surface area (Å²) >= 11 is 0. The lowest BCUT2D eigenvalue weighted by Gasteiger charge is -2.05. The number of aryl methyl sites for hydroxylation is 1. The standard InChI is InChI=1S/C11H12N4O/c1-8-3-4-9(6-13-8)16-11-5-10(12-2)14-7-15-11/h3-7H,1-2H3,(H,12,14,15). The Bertz CT molecular complexity index is 470. The summed E-state index contributed by atoms with van der Waals surface area (Å²) in [5.74, 6) is 1.86. The summed E-state index contributed by atoms with van der Waals surface area (Å²) in [6.45, 7) is 1.92. The van der Waals surface area contributed by atoms with Crippen LogP contribution in [0.25, 0.3) is 0 Å². The fourth-order valence-electron chi connectivity index (χ4n) is 1.17. The number of hydrogen-bond acceptors (Lipinski definition) is 5. The molecule has 5 heteroatoms. The van der Waals surface area contributed by atoms with Crippen LogP contribution in [0.5, 0.6) is 11.6 Å². The minimum absolute atomic E-state index is 0.491. The van der Waals surface area contributed by atoms with Gasteiger partial charge in [-0.25, -0.2) is 9.97 Å². The van der Waals surface area contributed by atoms with Gasteiger partial charge in [0.05, 0.1) is 6.20 Å². The van der Waals surface area contributed by atoms with Crippen LogP contribution < -0.4 is 10.1 Å². The molecule has 0 aliphatic heterocycles. The van der Waals surface area contributed by atoms with Crippen molar-refractivity contribution in [3.63, 3.8) is 0 Å². The van der Waals surface area contributed by atoms with E-state index in [0.717, 1.165) is 5.69 Å². The molecule has 0 fully saturated rings. The average Bonchev–Trinajstić information content (AvgIpc) is 2.32. The summed E-state index contributed by atoms with van der Waals surface area (Å²) in [7, 11) is 1.79. The van der Waals surface area contributed by atoms with Gasteiger partial charge in [0.2, 0.25) is 5.88 Å². The molecular weight excluding hydrogens is 204 g/mol. The number of nitrogens with zero attached hydrogens (tertiary/aromatic N) is 3. The van der Waals surface area contributed by atoms with Crippen LogP contribution in [0.2, 0.25) is 0 Å². The lowest BCUT2D eigenvalue weighted by molar-refractivity contribution is 0.459. The predicted octanol–water partition coefficient (Wildman–Crippen LogP) is 2.01. The highest BCUT2D eigenvalue weighted by Gasteiger charge is 2.00. The van der Waals surface area contributed by atoms with Gasteiger partial charge in [0.15, 0.2) is 0 Å². The summed E-state index contributed by atoms with van der Waals surface area (Å²) in [5.41, 5.74) is 0.950. The molecule has 0 bridgehead atoms. The Morgan fingerprint density at radius 1 is 1.19 bits per heavy atom. The first kappa shape index (κ1) is 10.4. The summed E-state index contributed by atoms with van der Waals surface area (Å²) in [6.07, 6.45) is 3.11. The quantitative estimate of drug-likeness (QED) is 0.850. The molecule has 2 heterocycles. The maximum absolute atomic E-state index is 5.52. The van der Waals surface area contributed by atoms with Gasteiger partial charge in [-0.1, -0.05) is 0 Å². The lowest BCUT2D eigenvalue weighted by atomic mass is 10.4. The van der Waals surface area contributed by atoms with Crippen molar-refractivity contribution in [2.24, 2.45) is 0 Å². The first-order valence-corrected chi connectivity index (χ1v) is 4.88. The van der Waals surface area contributed by atoms with E-state index < -0.39 is 0 Å². The third kappa shape index (κ3) is 2.44. The molecule has 5 nitrogen and oxygen atoms in total. The third-order valence-corrected chi connectivity index (χ3v) is 2.00. The van der Waals surface area contributed by atoms with Crippen molar-refractivity contribution in [3.05, 3.63) is 36.4 Å². The Labute approximate surface area is 93.5 Å². The normalized spacial score (nSPS) is 9.88. The fourth-order valence-corrected chi connectivity index (χ4v) is 1.17. The second kappa shape index (κ2) is 4.57. The number of hydrogen-bond donors (Lipinski definition) is 1. The second-order valence-corrected chi connectivity index (χ2v) is 3.23. The summed E-state index contributed by atoms with van der Waals surface area (Å²) in [6, 6.07) is 5.46. The maximum Gasteiger partial charge on any atom is 0.224 e. The van der Waals surface area contributed by atoms with E-state index >= 15 is 0 Å². The Morgan fingerprint density at radius 3 is 2.75 bits per heavy atom. The van der Waals surface area contributed by atoms with Gasteiger partial charge < -0.3 is 10.1 Å². The van der Waals surface area contributed by atoms with E-state index in [2.05, 4.69) is 20.3 Å². The maximum atomic E-state index is 5.52. The highest BCUT2D eigenvalue weighted by atomic mass is 16.5. The molecule has 0 spiro atoms. The van der Waals surface area contributed by atoms with Crippen molar-refractivity contribution in [2.45, 2.75) is 6.92 Å². The van der Waals surface area contributed by atoms with E-state index in [-0.39, 0.29) is 0 Å². The van der Waals surface area contributed by atoms with Crippen LogP contribution in [0.1, 0.15) is 5.69 Å². The van der Waals surface area contributed by atoms with Gasteiger partial charge in [-0.15, -0.1) is 0 Å². The van der Waals surface area contributed by atoms with Crippen LogP contribution in [0.3, 0.4) is 0 Å². The molecule has 0 unspecified atom stereocenters. The van der Waals surface area contributed by atoms with Gasteiger partial charge in [-0.2, -0.15) is 0 Å². The molecule has 0 aliphatic rings. The highest BCUT2D eigenvalue weighted by molar-refractivity contribution is 5.37. The number of nitrogens with one attached hydrogen (secondary N) is 1. The number of ether oxygens (including phenoxy) is 1. The van der Waals surface area contributed by atoms with Gasteiger partial charge in [-0.3, -0.25) is 4.98 Å². The number of pyridine rings is 1. The summed E-state index contributed by atoms with van der Waals surface area (Å²) in [4.78, 5) is 12.1. The molecule has 0 radical (unpaired) electrons. The molecule has 0 aromatic carbocycles. The van der Waals surface area contributed by atoms with Gasteiger partial charge in [0.1, 0.15) is 17.9 Å². The minimum atomic E-state index is 0.491. The van der Waals surface area contributed by atoms with Crippen molar-refractivity contribution in [2.75, 3.05) is 12.4 Å². The molecule has 2 rings (SSSR count). The summed E-state index contributed by atoms with van der Waals surface area (Å²) in [5, 5.41) is 2.92. The van der Waals surface area contributed by atoms with Crippen LogP contribution in [-0.4, -0.2) is 22.0 Å². The van der Waals surface area contributed by atoms with E-state index in [1.54, 1.807) is 19.3 Å². The van der Waals surface area contributed by atoms with Gasteiger partial charge in [0.25, 0.3) is 0 Å². The topological polar surface area (TPSA) is 59.9 Å². The van der Waals surface area contributed by atoms with E-state index in [9.17, 15) is 0 Å². The predicted molar refractivity (Wildman–Crippen MR) is 60.6 cm³/mol. The molecule has 16 heavy (non-hydrogen) atoms. The third-order valence-electron chi connectivity index (χ3n) is 2.00. The first-order valence-electron chi connectivity index (χ1n) is 4.88. The Hall–Kier alpha value is -2.17. The first-order chi connectivity index (χ1) is 7.78. The molecule has 0 saturated heterocycles. The Morgan fingerprint density at radius 2 is 2.06 bits per heavy atom. The van der Waals surface area contributed by atoms with E-state index in [1.807, 2.05) is 19.1 Å². The molecule has 0 aliphatic carbocycles. The molecule has 0 saturated carbocycles. The zero-order valence-corrected chi connectivity index (χ0v) is 9.14. The highest BCUT2D eigenvalue weighted by Crippen LogP contribution is 2.19. The van der Waals surface area contributed by atoms with Crippen molar-refractivity contribution in [1.29, 1.82) is 0 Å². The Balaban J connectivity index is 2.16. The van der Waals surface area contributed by atoms with Crippen molar-refractivity contribution in [3.8, 4) is 11.6 Å². The van der Waals surface area contributed by atoms with Gasteiger partial charge >= 0.3 is 0 Å². The van der Waals surface area contributed by atoms with E-state index in [0.29, 0.717) is 17.4 Å². The van der Waals surface area contributed by atoms with Crippen LogP contribution >= 0.6 is 0 Å². The molecule has 2 aromatic rings. The second-order valence-electron chi connectivity index (χ2n) is 3.23. The molecule has 2 aromatic heterocycles.